The van der Waals surface area contributed by atoms with Gasteiger partial charge in [0.2, 0.25) is 0 Å². The van der Waals surface area contributed by atoms with Crippen LogP contribution in [-0.2, 0) is 4.79 Å². The van der Waals surface area contributed by atoms with Crippen LogP contribution in [0.25, 0.3) is 0 Å². The number of ketones is 1. The van der Waals surface area contributed by atoms with E-state index in [0.29, 0.717) is 18.4 Å². The van der Waals surface area contributed by atoms with Crippen molar-refractivity contribution in [3.63, 3.8) is 0 Å². The number of carbonyl (C=O) groups excluding carboxylic acids is 3. The van der Waals surface area contributed by atoms with Crippen LogP contribution < -0.4 is 5.32 Å². The summed E-state index contributed by atoms with van der Waals surface area (Å²) in [4.78, 5) is 48.3. The number of aryl methyl sites for hydroxylation is 1. The number of nitro groups is 1. The second-order valence-electron chi connectivity index (χ2n) is 6.29. The van der Waals surface area contributed by atoms with Crippen LogP contribution in [0.1, 0.15) is 41.6 Å². The van der Waals surface area contributed by atoms with E-state index in [-0.39, 0.29) is 17.2 Å². The van der Waals surface area contributed by atoms with Gasteiger partial charge in [-0.15, -0.1) is 0 Å². The summed E-state index contributed by atoms with van der Waals surface area (Å²) in [5.41, 5.74) is -0.474. The Labute approximate surface area is 138 Å². The average Bonchev–Trinajstić information content (AvgIpc) is 3.08. The molecule has 1 aromatic rings. The standard InChI is InChI=1S/C16H17N3O5/c1-10-4-5-11(8-12(10)19(23)24)13(20)9-18-14(21)16(17-15(18)22)6-2-3-7-16/h4-5,8H,2-3,6-7,9H2,1H3,(H,17,22). The van der Waals surface area contributed by atoms with E-state index in [0.717, 1.165) is 17.7 Å². The highest BCUT2D eigenvalue weighted by Gasteiger charge is 2.52. The molecule has 1 spiro atoms. The van der Waals surface area contributed by atoms with Gasteiger partial charge < -0.3 is 5.32 Å². The lowest BCUT2D eigenvalue weighted by molar-refractivity contribution is -0.385. The second kappa shape index (κ2) is 5.70. The SMILES string of the molecule is Cc1ccc(C(=O)CN2C(=O)NC3(CCCC3)C2=O)cc1[N+](=O)[O-]. The van der Waals surface area contributed by atoms with Crippen molar-refractivity contribution in [2.75, 3.05) is 6.54 Å². The van der Waals surface area contributed by atoms with Crippen molar-refractivity contribution in [1.82, 2.24) is 10.2 Å². The van der Waals surface area contributed by atoms with Crippen molar-refractivity contribution in [3.8, 4) is 0 Å². The second-order valence-corrected chi connectivity index (χ2v) is 6.29. The zero-order valence-corrected chi connectivity index (χ0v) is 13.2. The minimum absolute atomic E-state index is 0.111. The molecule has 1 N–H and O–H groups in total. The van der Waals surface area contributed by atoms with Crippen LogP contribution >= 0.6 is 0 Å². The molecule has 2 fully saturated rings. The first-order valence-electron chi connectivity index (χ1n) is 7.76. The summed E-state index contributed by atoms with van der Waals surface area (Å²) in [7, 11) is 0. The third-order valence-corrected chi connectivity index (χ3v) is 4.73. The van der Waals surface area contributed by atoms with Crippen molar-refractivity contribution >= 4 is 23.4 Å². The summed E-state index contributed by atoms with van der Waals surface area (Å²) in [5, 5.41) is 13.7. The van der Waals surface area contributed by atoms with Gasteiger partial charge in [-0.2, -0.15) is 0 Å². The maximum absolute atomic E-state index is 12.5. The lowest BCUT2D eigenvalue weighted by Crippen LogP contribution is -2.44. The number of nitro benzene ring substituents is 1. The molecular weight excluding hydrogens is 314 g/mol. The molecule has 0 unspecified atom stereocenters. The number of benzene rings is 1. The fourth-order valence-corrected chi connectivity index (χ4v) is 3.35. The Bertz CT molecular complexity index is 752. The van der Waals surface area contributed by atoms with E-state index >= 15 is 0 Å². The number of rotatable bonds is 4. The zero-order valence-electron chi connectivity index (χ0n) is 13.2. The molecule has 0 bridgehead atoms. The number of urea groups is 1. The Morgan fingerprint density at radius 2 is 2.00 bits per heavy atom. The lowest BCUT2D eigenvalue weighted by atomic mass is 9.98. The first-order chi connectivity index (χ1) is 11.3. The molecule has 1 saturated heterocycles. The first-order valence-corrected chi connectivity index (χ1v) is 7.76. The molecular formula is C16H17N3O5. The van der Waals surface area contributed by atoms with Crippen LogP contribution in [0.4, 0.5) is 10.5 Å². The highest BCUT2D eigenvalue weighted by Crippen LogP contribution is 2.35. The molecule has 126 valence electrons. The van der Waals surface area contributed by atoms with Gasteiger partial charge in [-0.25, -0.2) is 4.79 Å². The largest absolute Gasteiger partial charge is 0.325 e. The molecule has 1 aliphatic heterocycles. The van der Waals surface area contributed by atoms with E-state index < -0.39 is 28.8 Å². The number of imide groups is 1. The molecule has 1 saturated carbocycles. The zero-order chi connectivity index (χ0) is 17.5. The summed E-state index contributed by atoms with van der Waals surface area (Å²) < 4.78 is 0. The molecule has 8 nitrogen and oxygen atoms in total. The monoisotopic (exact) mass is 331 g/mol. The van der Waals surface area contributed by atoms with Gasteiger partial charge in [0.25, 0.3) is 11.6 Å². The van der Waals surface area contributed by atoms with E-state index in [9.17, 15) is 24.5 Å². The van der Waals surface area contributed by atoms with Crippen molar-refractivity contribution < 1.29 is 19.3 Å². The summed E-state index contributed by atoms with van der Waals surface area (Å²) in [5.74, 6) is -0.878. The summed E-state index contributed by atoms with van der Waals surface area (Å²) in [6, 6.07) is 3.56. The van der Waals surface area contributed by atoms with Crippen LogP contribution in [0.5, 0.6) is 0 Å². The van der Waals surface area contributed by atoms with Gasteiger partial charge >= 0.3 is 6.03 Å². The van der Waals surface area contributed by atoms with E-state index in [1.54, 1.807) is 6.92 Å². The Morgan fingerprint density at radius 3 is 2.62 bits per heavy atom. The lowest BCUT2D eigenvalue weighted by Gasteiger charge is -2.19. The van der Waals surface area contributed by atoms with E-state index in [4.69, 9.17) is 0 Å². The van der Waals surface area contributed by atoms with Crippen molar-refractivity contribution in [1.29, 1.82) is 0 Å². The number of nitrogens with zero attached hydrogens (tertiary/aromatic N) is 2. The normalized spacial score (nSPS) is 19.0. The number of carbonyl (C=O) groups is 3. The number of hydrogen-bond donors (Lipinski definition) is 1. The summed E-state index contributed by atoms with van der Waals surface area (Å²) in [6.45, 7) is 1.17. The fourth-order valence-electron chi connectivity index (χ4n) is 3.35. The number of amides is 3. The minimum atomic E-state index is -0.864. The molecule has 3 amide bonds. The number of nitrogens with one attached hydrogen (secondary N) is 1. The van der Waals surface area contributed by atoms with Crippen molar-refractivity contribution in [3.05, 3.63) is 39.4 Å². The molecule has 3 rings (SSSR count). The first kappa shape index (κ1) is 16.1. The predicted octanol–water partition coefficient (Wildman–Crippen LogP) is 1.95. The van der Waals surface area contributed by atoms with Crippen molar-refractivity contribution in [2.24, 2.45) is 0 Å². The third kappa shape index (κ3) is 2.53. The molecule has 0 atom stereocenters. The van der Waals surface area contributed by atoms with Gasteiger partial charge in [-0.05, 0) is 19.8 Å². The van der Waals surface area contributed by atoms with Gasteiger partial charge in [-0.3, -0.25) is 24.6 Å². The van der Waals surface area contributed by atoms with Gasteiger partial charge in [0.15, 0.2) is 5.78 Å². The van der Waals surface area contributed by atoms with Crippen LogP contribution in [0.2, 0.25) is 0 Å². The average molecular weight is 331 g/mol. The topological polar surface area (TPSA) is 110 Å². The molecule has 0 aromatic heterocycles. The molecule has 0 radical (unpaired) electrons. The van der Waals surface area contributed by atoms with Gasteiger partial charge in [0.1, 0.15) is 5.54 Å². The van der Waals surface area contributed by atoms with Gasteiger partial charge in [0, 0.05) is 17.2 Å². The Balaban J connectivity index is 1.80. The highest BCUT2D eigenvalue weighted by molar-refractivity contribution is 6.11. The Hall–Kier alpha value is -2.77. The minimum Gasteiger partial charge on any atom is -0.323 e. The van der Waals surface area contributed by atoms with Crippen LogP contribution in [0.15, 0.2) is 18.2 Å². The summed E-state index contributed by atoms with van der Waals surface area (Å²) in [6.07, 6.45) is 2.88. The number of Topliss-reactive ketones (excluding diaryl/α,β-unsaturated/α-hetero) is 1. The molecule has 8 heteroatoms. The maximum atomic E-state index is 12.5. The maximum Gasteiger partial charge on any atom is 0.325 e. The number of hydrogen-bond acceptors (Lipinski definition) is 5. The third-order valence-electron chi connectivity index (χ3n) is 4.73. The fraction of sp³-hybridized carbons (Fsp3) is 0.438. The smallest absolute Gasteiger partial charge is 0.323 e. The van der Waals surface area contributed by atoms with E-state index in [1.807, 2.05) is 0 Å². The quantitative estimate of drug-likeness (QED) is 0.392. The van der Waals surface area contributed by atoms with Crippen LogP contribution in [0, 0.1) is 17.0 Å². The van der Waals surface area contributed by atoms with Crippen molar-refractivity contribution in [2.45, 2.75) is 38.1 Å². The Morgan fingerprint density at radius 1 is 1.33 bits per heavy atom. The van der Waals surface area contributed by atoms with Gasteiger partial charge in [0.05, 0.1) is 11.5 Å². The molecule has 1 heterocycles. The molecule has 1 aliphatic carbocycles. The predicted molar refractivity (Wildman–Crippen MR) is 83.6 cm³/mol. The van der Waals surface area contributed by atoms with Crippen LogP contribution in [0.3, 0.4) is 0 Å². The summed E-state index contributed by atoms with van der Waals surface area (Å²) >= 11 is 0. The highest BCUT2D eigenvalue weighted by atomic mass is 16.6. The van der Waals surface area contributed by atoms with Gasteiger partial charge in [-0.1, -0.05) is 25.0 Å². The molecule has 1 aromatic carbocycles. The van der Waals surface area contributed by atoms with E-state index in [2.05, 4.69) is 5.32 Å². The molecule has 2 aliphatic rings. The Kier molecular flexibility index (Phi) is 3.82. The molecule has 24 heavy (non-hydrogen) atoms. The van der Waals surface area contributed by atoms with Crippen LogP contribution in [-0.4, -0.2) is 39.6 Å². The van der Waals surface area contributed by atoms with E-state index in [1.165, 1.54) is 18.2 Å².